The van der Waals surface area contributed by atoms with Gasteiger partial charge in [-0.1, -0.05) is 19.1 Å². The van der Waals surface area contributed by atoms with Crippen molar-refractivity contribution < 1.29 is 22.7 Å². The second-order valence-corrected chi connectivity index (χ2v) is 7.10. The summed E-state index contributed by atoms with van der Waals surface area (Å²) in [4.78, 5) is 24.0. The number of nitrogens with one attached hydrogen (secondary N) is 2. The van der Waals surface area contributed by atoms with Gasteiger partial charge in [-0.3, -0.25) is 9.59 Å². The van der Waals surface area contributed by atoms with Gasteiger partial charge in [-0.25, -0.2) is 13.1 Å². The standard InChI is InChI=1S/C18H20N2O5S/c1-3-12-19-17(21)13-8-10-14(11-9-13)26(23,24)20-18(22)15-6-4-5-7-16(15)25-2/h4-11H,3,12H2,1-2H3,(H,19,21)(H,20,22). The van der Waals surface area contributed by atoms with E-state index in [9.17, 15) is 18.0 Å². The van der Waals surface area contributed by atoms with Gasteiger partial charge in [-0.15, -0.1) is 0 Å². The van der Waals surface area contributed by atoms with Crippen LogP contribution >= 0.6 is 0 Å². The topological polar surface area (TPSA) is 102 Å². The highest BCUT2D eigenvalue weighted by Crippen LogP contribution is 2.18. The molecular formula is C18H20N2O5S. The van der Waals surface area contributed by atoms with E-state index in [4.69, 9.17) is 4.74 Å². The van der Waals surface area contributed by atoms with Gasteiger partial charge in [0.05, 0.1) is 17.6 Å². The van der Waals surface area contributed by atoms with Crippen LogP contribution in [0.5, 0.6) is 5.75 Å². The average molecular weight is 376 g/mol. The second-order valence-electron chi connectivity index (χ2n) is 5.42. The minimum atomic E-state index is -4.08. The van der Waals surface area contributed by atoms with E-state index in [1.54, 1.807) is 18.2 Å². The van der Waals surface area contributed by atoms with Crippen LogP contribution in [0.3, 0.4) is 0 Å². The van der Waals surface area contributed by atoms with Gasteiger partial charge in [-0.05, 0) is 42.8 Å². The van der Waals surface area contributed by atoms with Crippen LogP contribution in [0.2, 0.25) is 0 Å². The number of ether oxygens (including phenoxy) is 1. The van der Waals surface area contributed by atoms with Crippen LogP contribution in [-0.4, -0.2) is 33.9 Å². The Hall–Kier alpha value is -2.87. The van der Waals surface area contributed by atoms with Crippen LogP contribution in [0, 0.1) is 0 Å². The monoisotopic (exact) mass is 376 g/mol. The Morgan fingerprint density at radius 1 is 1.00 bits per heavy atom. The Morgan fingerprint density at radius 3 is 2.27 bits per heavy atom. The number of rotatable bonds is 7. The van der Waals surface area contributed by atoms with Gasteiger partial charge in [0.15, 0.2) is 0 Å². The van der Waals surface area contributed by atoms with Crippen molar-refractivity contribution in [3.63, 3.8) is 0 Å². The minimum Gasteiger partial charge on any atom is -0.496 e. The summed E-state index contributed by atoms with van der Waals surface area (Å²) < 4.78 is 31.9. The first-order chi connectivity index (χ1) is 12.4. The Bertz CT molecular complexity index is 892. The maximum absolute atomic E-state index is 12.4. The number of carbonyl (C=O) groups is 2. The van der Waals surface area contributed by atoms with Gasteiger partial charge < -0.3 is 10.1 Å². The van der Waals surface area contributed by atoms with Gasteiger partial charge in [0.25, 0.3) is 21.8 Å². The lowest BCUT2D eigenvalue weighted by atomic mass is 10.2. The molecule has 0 aliphatic heterocycles. The normalized spacial score (nSPS) is 10.8. The zero-order valence-corrected chi connectivity index (χ0v) is 15.3. The van der Waals surface area contributed by atoms with Gasteiger partial charge in [0.2, 0.25) is 0 Å². The van der Waals surface area contributed by atoms with Crippen molar-refractivity contribution in [1.29, 1.82) is 0 Å². The molecule has 2 aromatic rings. The van der Waals surface area contributed by atoms with E-state index in [2.05, 4.69) is 5.32 Å². The number of hydrogen-bond donors (Lipinski definition) is 2. The SMILES string of the molecule is CCCNC(=O)c1ccc(S(=O)(=O)NC(=O)c2ccccc2OC)cc1. The predicted molar refractivity (Wildman–Crippen MR) is 96.7 cm³/mol. The first-order valence-corrected chi connectivity index (χ1v) is 9.45. The highest BCUT2D eigenvalue weighted by Gasteiger charge is 2.21. The Kier molecular flexibility index (Phi) is 6.35. The van der Waals surface area contributed by atoms with Gasteiger partial charge in [-0.2, -0.15) is 0 Å². The zero-order valence-electron chi connectivity index (χ0n) is 14.5. The van der Waals surface area contributed by atoms with Crippen molar-refractivity contribution >= 4 is 21.8 Å². The summed E-state index contributed by atoms with van der Waals surface area (Å²) in [7, 11) is -2.69. The third-order valence-corrected chi connectivity index (χ3v) is 4.89. The molecule has 2 aromatic carbocycles. The van der Waals surface area contributed by atoms with E-state index < -0.39 is 15.9 Å². The molecule has 0 aliphatic carbocycles. The van der Waals surface area contributed by atoms with E-state index in [1.807, 2.05) is 11.6 Å². The van der Waals surface area contributed by atoms with Crippen LogP contribution in [0.25, 0.3) is 0 Å². The summed E-state index contributed by atoms with van der Waals surface area (Å²) in [6, 6.07) is 11.6. The number of para-hydroxylation sites is 1. The van der Waals surface area contributed by atoms with Crippen molar-refractivity contribution in [3.8, 4) is 5.75 Å². The summed E-state index contributed by atoms with van der Waals surface area (Å²) in [5.41, 5.74) is 0.447. The number of hydrogen-bond acceptors (Lipinski definition) is 5. The molecule has 2 rings (SSSR count). The first kappa shape index (κ1) is 19.5. The molecule has 0 heterocycles. The van der Waals surface area contributed by atoms with Crippen molar-refractivity contribution in [2.45, 2.75) is 18.2 Å². The number of carbonyl (C=O) groups excluding carboxylic acids is 2. The fraction of sp³-hybridized carbons (Fsp3) is 0.222. The zero-order chi connectivity index (χ0) is 19.2. The molecule has 0 atom stereocenters. The Morgan fingerprint density at radius 2 is 1.65 bits per heavy atom. The summed E-state index contributed by atoms with van der Waals surface area (Å²) in [6.45, 7) is 2.47. The fourth-order valence-electron chi connectivity index (χ4n) is 2.19. The molecule has 0 unspecified atom stereocenters. The average Bonchev–Trinajstić information content (AvgIpc) is 2.65. The molecule has 0 saturated carbocycles. The molecule has 2 N–H and O–H groups in total. The van der Waals surface area contributed by atoms with Crippen molar-refractivity contribution in [1.82, 2.24) is 10.0 Å². The minimum absolute atomic E-state index is 0.106. The highest BCUT2D eigenvalue weighted by molar-refractivity contribution is 7.90. The number of benzene rings is 2. The van der Waals surface area contributed by atoms with Gasteiger partial charge in [0, 0.05) is 12.1 Å². The summed E-state index contributed by atoms with van der Waals surface area (Å²) >= 11 is 0. The molecule has 8 heteroatoms. The third-order valence-electron chi connectivity index (χ3n) is 3.54. The molecule has 26 heavy (non-hydrogen) atoms. The van der Waals surface area contributed by atoms with E-state index in [0.29, 0.717) is 12.1 Å². The van der Waals surface area contributed by atoms with Crippen molar-refractivity contribution in [3.05, 3.63) is 59.7 Å². The number of methoxy groups -OCH3 is 1. The fourth-order valence-corrected chi connectivity index (χ4v) is 3.16. The molecule has 0 bridgehead atoms. The van der Waals surface area contributed by atoms with Crippen LogP contribution < -0.4 is 14.8 Å². The molecule has 0 fully saturated rings. The Balaban J connectivity index is 2.17. The van der Waals surface area contributed by atoms with Gasteiger partial charge >= 0.3 is 0 Å². The lowest BCUT2D eigenvalue weighted by Gasteiger charge is -2.10. The smallest absolute Gasteiger partial charge is 0.268 e. The molecule has 7 nitrogen and oxygen atoms in total. The maximum atomic E-state index is 12.4. The third kappa shape index (κ3) is 4.60. The van der Waals surface area contributed by atoms with Crippen LogP contribution in [0.4, 0.5) is 0 Å². The largest absolute Gasteiger partial charge is 0.496 e. The van der Waals surface area contributed by atoms with Gasteiger partial charge in [0.1, 0.15) is 5.75 Å². The van der Waals surface area contributed by atoms with Crippen molar-refractivity contribution in [2.75, 3.05) is 13.7 Å². The van der Waals surface area contributed by atoms with E-state index in [-0.39, 0.29) is 22.1 Å². The molecule has 0 spiro atoms. The molecule has 0 aliphatic rings. The number of amides is 2. The lowest BCUT2D eigenvalue weighted by Crippen LogP contribution is -2.31. The first-order valence-electron chi connectivity index (χ1n) is 7.97. The molecule has 138 valence electrons. The number of sulfonamides is 1. The molecular weight excluding hydrogens is 356 g/mol. The van der Waals surface area contributed by atoms with E-state index in [0.717, 1.165) is 6.42 Å². The van der Waals surface area contributed by atoms with Crippen LogP contribution in [0.15, 0.2) is 53.4 Å². The second kappa shape index (κ2) is 8.48. The summed E-state index contributed by atoms with van der Waals surface area (Å²) in [6.07, 6.45) is 0.799. The molecule has 0 radical (unpaired) electrons. The highest BCUT2D eigenvalue weighted by atomic mass is 32.2. The predicted octanol–water partition coefficient (Wildman–Crippen LogP) is 1.95. The van der Waals surface area contributed by atoms with Crippen LogP contribution in [-0.2, 0) is 10.0 Å². The quantitative estimate of drug-likeness (QED) is 0.769. The van der Waals surface area contributed by atoms with Crippen LogP contribution in [0.1, 0.15) is 34.1 Å². The van der Waals surface area contributed by atoms with Crippen molar-refractivity contribution in [2.24, 2.45) is 0 Å². The molecule has 0 aromatic heterocycles. The maximum Gasteiger partial charge on any atom is 0.268 e. The molecule has 0 saturated heterocycles. The summed E-state index contributed by atoms with van der Waals surface area (Å²) in [5.74, 6) is -0.816. The Labute approximate surface area is 152 Å². The molecule has 2 amide bonds. The van der Waals surface area contributed by atoms with E-state index in [1.165, 1.54) is 37.4 Å². The lowest BCUT2D eigenvalue weighted by molar-refractivity contribution is 0.0950. The van der Waals surface area contributed by atoms with E-state index >= 15 is 0 Å². The summed E-state index contributed by atoms with van der Waals surface area (Å²) in [5, 5.41) is 2.70.